The van der Waals surface area contributed by atoms with Gasteiger partial charge in [0.2, 0.25) is 0 Å². The first kappa shape index (κ1) is 21.6. The number of carbonyl (C=O) groups is 2. The number of ether oxygens (including phenoxy) is 1. The summed E-state index contributed by atoms with van der Waals surface area (Å²) in [7, 11) is 1.81. The largest absolute Gasteiger partial charge is 0.461 e. The fraction of sp³-hybridized carbons (Fsp3) is 0.435. The van der Waals surface area contributed by atoms with Crippen LogP contribution in [0.25, 0.3) is 5.57 Å². The molecule has 0 aliphatic carbocycles. The first-order valence-electron chi connectivity index (χ1n) is 10.2. The first-order chi connectivity index (χ1) is 14.1. The number of fused-ring (bicyclic) bond motifs is 1. The average molecular weight is 411 g/mol. The number of rotatable bonds is 5. The molecule has 0 unspecified atom stereocenters. The van der Waals surface area contributed by atoms with Crippen molar-refractivity contribution in [3.05, 3.63) is 58.9 Å². The smallest absolute Gasteiger partial charge is 0.359 e. The molecule has 0 saturated carbocycles. The molecule has 30 heavy (non-hydrogen) atoms. The molecule has 0 spiro atoms. The predicted molar refractivity (Wildman–Crippen MR) is 116 cm³/mol. The van der Waals surface area contributed by atoms with Crippen molar-refractivity contribution in [3.63, 3.8) is 0 Å². The van der Waals surface area contributed by atoms with Gasteiger partial charge in [-0.2, -0.15) is 5.10 Å². The van der Waals surface area contributed by atoms with E-state index in [1.807, 2.05) is 46.0 Å². The van der Waals surface area contributed by atoms with E-state index in [0.29, 0.717) is 25.2 Å². The third-order valence-electron chi connectivity index (χ3n) is 5.49. The second-order valence-corrected chi connectivity index (χ2v) is 8.21. The fourth-order valence-electron chi connectivity index (χ4n) is 3.72. The Morgan fingerprint density at radius 1 is 1.33 bits per heavy atom. The molecule has 0 radical (unpaired) electrons. The van der Waals surface area contributed by atoms with Gasteiger partial charge in [0.05, 0.1) is 18.7 Å². The molecule has 0 bridgehead atoms. The third kappa shape index (κ3) is 4.25. The van der Waals surface area contributed by atoms with Gasteiger partial charge in [0.15, 0.2) is 5.69 Å². The van der Waals surface area contributed by atoms with Crippen LogP contribution in [-0.2, 0) is 30.3 Å². The number of allylic oxidation sites excluding steroid dienone is 1. The molecule has 160 valence electrons. The minimum Gasteiger partial charge on any atom is -0.461 e. The molecule has 1 N–H and O–H groups in total. The normalized spacial score (nSPS) is 13.6. The van der Waals surface area contributed by atoms with Gasteiger partial charge in [-0.25, -0.2) is 9.59 Å². The number of nitrogens with one attached hydrogen (secondary N) is 1. The van der Waals surface area contributed by atoms with Crippen LogP contribution in [0.4, 0.5) is 4.79 Å². The molecule has 1 aliphatic heterocycles. The topological polar surface area (TPSA) is 76.5 Å². The zero-order chi connectivity index (χ0) is 22.1. The summed E-state index contributed by atoms with van der Waals surface area (Å²) in [5, 5.41) is 7.46. The summed E-state index contributed by atoms with van der Waals surface area (Å²) < 4.78 is 6.84. The molecular weight excluding hydrogens is 380 g/mol. The molecule has 0 atom stereocenters. The molecule has 7 heteroatoms. The number of hydrogen-bond acceptors (Lipinski definition) is 4. The number of benzene rings is 1. The number of amides is 2. The van der Waals surface area contributed by atoms with E-state index in [4.69, 9.17) is 4.74 Å². The Morgan fingerprint density at radius 3 is 2.73 bits per heavy atom. The number of carbonyl (C=O) groups excluding carboxylic acids is 2. The van der Waals surface area contributed by atoms with Crippen molar-refractivity contribution < 1.29 is 14.3 Å². The van der Waals surface area contributed by atoms with Gasteiger partial charge in [0.1, 0.15) is 0 Å². The van der Waals surface area contributed by atoms with Gasteiger partial charge >= 0.3 is 12.0 Å². The monoisotopic (exact) mass is 410 g/mol. The highest BCUT2D eigenvalue weighted by Crippen LogP contribution is 2.26. The molecule has 1 aromatic heterocycles. The molecule has 2 amide bonds. The van der Waals surface area contributed by atoms with Crippen LogP contribution in [0.1, 0.15) is 60.6 Å². The Morgan fingerprint density at radius 2 is 2.07 bits per heavy atom. The van der Waals surface area contributed by atoms with E-state index >= 15 is 0 Å². The zero-order valence-corrected chi connectivity index (χ0v) is 18.4. The van der Waals surface area contributed by atoms with Crippen LogP contribution in [-0.4, -0.2) is 39.8 Å². The van der Waals surface area contributed by atoms with Crippen LogP contribution in [0.2, 0.25) is 0 Å². The Bertz CT molecular complexity index is 990. The lowest BCUT2D eigenvalue weighted by molar-refractivity contribution is 0.0516. The highest BCUT2D eigenvalue weighted by molar-refractivity contribution is 5.89. The van der Waals surface area contributed by atoms with E-state index in [1.54, 1.807) is 16.5 Å². The van der Waals surface area contributed by atoms with E-state index in [-0.39, 0.29) is 12.6 Å². The molecule has 2 heterocycles. The summed E-state index contributed by atoms with van der Waals surface area (Å²) in [6, 6.07) is 7.86. The minimum absolute atomic E-state index is 0.176. The van der Waals surface area contributed by atoms with Gasteiger partial charge in [-0.05, 0) is 44.9 Å². The molecular formula is C23H30N4O3. The maximum atomic E-state index is 13.1. The van der Waals surface area contributed by atoms with Crippen LogP contribution in [0.5, 0.6) is 0 Å². The van der Waals surface area contributed by atoms with Crippen LogP contribution in [0, 0.1) is 0 Å². The van der Waals surface area contributed by atoms with Crippen molar-refractivity contribution in [2.45, 2.75) is 46.2 Å². The number of nitrogens with zero attached hydrogens (tertiary/aromatic N) is 3. The summed E-state index contributed by atoms with van der Waals surface area (Å²) >= 11 is 0. The van der Waals surface area contributed by atoms with Crippen LogP contribution >= 0.6 is 0 Å². The third-order valence-corrected chi connectivity index (χ3v) is 5.49. The number of aryl methyl sites for hydroxylation is 1. The van der Waals surface area contributed by atoms with Gasteiger partial charge in [-0.15, -0.1) is 0 Å². The zero-order valence-electron chi connectivity index (χ0n) is 18.4. The Kier molecular flexibility index (Phi) is 6.01. The van der Waals surface area contributed by atoms with Crippen LogP contribution in [0.3, 0.4) is 0 Å². The van der Waals surface area contributed by atoms with Crippen molar-refractivity contribution in [2.24, 2.45) is 7.05 Å². The molecule has 1 aliphatic rings. The molecule has 3 rings (SSSR count). The van der Waals surface area contributed by atoms with E-state index in [0.717, 1.165) is 28.0 Å². The van der Waals surface area contributed by atoms with Crippen molar-refractivity contribution in [3.8, 4) is 0 Å². The summed E-state index contributed by atoms with van der Waals surface area (Å²) in [5.41, 5.74) is 4.48. The van der Waals surface area contributed by atoms with Gasteiger partial charge < -0.3 is 15.0 Å². The standard InChI is InChI=1S/C23H30N4O3/c1-7-30-21(28)20-18-14-27(12-11-19(18)26(6)25-20)22(29)24-23(4,5)17-10-8-9-16(13-17)15(2)3/h8-10,13H,2,7,11-12,14H2,1,3-6H3,(H,24,29). The number of aromatic nitrogens is 2. The number of esters is 1. The first-order valence-corrected chi connectivity index (χ1v) is 10.2. The van der Waals surface area contributed by atoms with Gasteiger partial charge in [-0.1, -0.05) is 30.4 Å². The molecule has 0 saturated heterocycles. The van der Waals surface area contributed by atoms with E-state index in [2.05, 4.69) is 23.1 Å². The van der Waals surface area contributed by atoms with Crippen molar-refractivity contribution in [1.29, 1.82) is 0 Å². The maximum absolute atomic E-state index is 13.1. The lowest BCUT2D eigenvalue weighted by Crippen LogP contribution is -2.49. The highest BCUT2D eigenvalue weighted by Gasteiger charge is 2.32. The summed E-state index contributed by atoms with van der Waals surface area (Å²) in [6.07, 6.45) is 0.636. The Labute approximate surface area is 177 Å². The van der Waals surface area contributed by atoms with Gasteiger partial charge in [-0.3, -0.25) is 4.68 Å². The summed E-state index contributed by atoms with van der Waals surface area (Å²) in [6.45, 7) is 12.8. The van der Waals surface area contributed by atoms with E-state index < -0.39 is 11.5 Å². The Balaban J connectivity index is 1.78. The SMILES string of the molecule is C=C(C)c1cccc(C(C)(C)NC(=O)N2CCc3c(c(C(=O)OCC)nn3C)C2)c1. The maximum Gasteiger partial charge on any atom is 0.359 e. The summed E-state index contributed by atoms with van der Waals surface area (Å²) in [5.74, 6) is -0.450. The molecule has 0 fully saturated rings. The Hall–Kier alpha value is -3.09. The van der Waals surface area contributed by atoms with E-state index in [1.165, 1.54) is 0 Å². The van der Waals surface area contributed by atoms with Crippen molar-refractivity contribution >= 4 is 17.6 Å². The van der Waals surface area contributed by atoms with Crippen LogP contribution in [0.15, 0.2) is 30.8 Å². The quantitative estimate of drug-likeness (QED) is 0.764. The lowest BCUT2D eigenvalue weighted by atomic mass is 9.91. The minimum atomic E-state index is -0.568. The predicted octanol–water partition coefficient (Wildman–Crippen LogP) is 3.63. The molecule has 1 aromatic carbocycles. The lowest BCUT2D eigenvalue weighted by Gasteiger charge is -2.33. The average Bonchev–Trinajstić information content (AvgIpc) is 3.04. The van der Waals surface area contributed by atoms with Crippen molar-refractivity contribution in [1.82, 2.24) is 20.0 Å². The number of hydrogen-bond donors (Lipinski definition) is 1. The van der Waals surface area contributed by atoms with Gasteiger partial charge in [0, 0.05) is 31.3 Å². The van der Waals surface area contributed by atoms with Crippen molar-refractivity contribution in [2.75, 3.05) is 13.2 Å². The molecule has 2 aromatic rings. The van der Waals surface area contributed by atoms with E-state index in [9.17, 15) is 9.59 Å². The van der Waals surface area contributed by atoms with Crippen LogP contribution < -0.4 is 5.32 Å². The highest BCUT2D eigenvalue weighted by atomic mass is 16.5. The second kappa shape index (κ2) is 8.34. The van der Waals surface area contributed by atoms with Gasteiger partial charge in [0.25, 0.3) is 0 Å². The molecule has 7 nitrogen and oxygen atoms in total. The fourth-order valence-corrected chi connectivity index (χ4v) is 3.72. The second-order valence-electron chi connectivity index (χ2n) is 8.21. The summed E-state index contributed by atoms with van der Waals surface area (Å²) in [4.78, 5) is 27.1. The number of urea groups is 1.